The second-order valence-corrected chi connectivity index (χ2v) is 6.21. The van der Waals surface area contributed by atoms with E-state index >= 15 is 0 Å². The van der Waals surface area contributed by atoms with E-state index in [0.717, 1.165) is 0 Å². The Labute approximate surface area is 91.7 Å². The summed E-state index contributed by atoms with van der Waals surface area (Å²) in [5.74, 6) is 0.480. The molecule has 1 fully saturated rings. The maximum Gasteiger partial charge on any atom is 0.0543 e. The molecule has 0 bridgehead atoms. The summed E-state index contributed by atoms with van der Waals surface area (Å²) in [5.41, 5.74) is 7.64. The standard InChI is InChI=1S/C12H21N3/c1-11(2,3)15-7-8(6-14-15)9-10(13)12(9,4)5/h6-7,9-10H,13H2,1-5H3/t9-,10-/m1/s1. The van der Waals surface area contributed by atoms with Gasteiger partial charge in [-0.2, -0.15) is 5.10 Å². The molecule has 0 radical (unpaired) electrons. The highest BCUT2D eigenvalue weighted by atomic mass is 15.3. The molecular weight excluding hydrogens is 186 g/mol. The maximum atomic E-state index is 6.06. The van der Waals surface area contributed by atoms with Crippen molar-refractivity contribution >= 4 is 0 Å². The van der Waals surface area contributed by atoms with Crippen LogP contribution in [0.4, 0.5) is 0 Å². The Morgan fingerprint density at radius 2 is 1.93 bits per heavy atom. The van der Waals surface area contributed by atoms with E-state index in [2.05, 4.69) is 45.9 Å². The second-order valence-electron chi connectivity index (χ2n) is 6.21. The van der Waals surface area contributed by atoms with Gasteiger partial charge in [0.15, 0.2) is 0 Å². The van der Waals surface area contributed by atoms with Crippen LogP contribution in [0, 0.1) is 5.41 Å². The normalized spacial score (nSPS) is 29.2. The van der Waals surface area contributed by atoms with Gasteiger partial charge in [-0.25, -0.2) is 0 Å². The Balaban J connectivity index is 2.23. The molecule has 84 valence electrons. The lowest BCUT2D eigenvalue weighted by Crippen LogP contribution is -2.21. The fourth-order valence-corrected chi connectivity index (χ4v) is 2.18. The van der Waals surface area contributed by atoms with Crippen molar-refractivity contribution in [3.8, 4) is 0 Å². The third-order valence-electron chi connectivity index (χ3n) is 3.56. The summed E-state index contributed by atoms with van der Waals surface area (Å²) in [6.07, 6.45) is 4.10. The molecule has 3 heteroatoms. The summed E-state index contributed by atoms with van der Waals surface area (Å²) in [7, 11) is 0. The average molecular weight is 207 g/mol. The number of hydrogen-bond donors (Lipinski definition) is 1. The van der Waals surface area contributed by atoms with E-state index < -0.39 is 0 Å². The zero-order valence-electron chi connectivity index (χ0n) is 10.3. The minimum Gasteiger partial charge on any atom is -0.327 e. The smallest absolute Gasteiger partial charge is 0.0543 e. The van der Waals surface area contributed by atoms with Gasteiger partial charge in [0.2, 0.25) is 0 Å². The van der Waals surface area contributed by atoms with Crippen LogP contribution in [0.2, 0.25) is 0 Å². The number of rotatable bonds is 1. The molecule has 2 rings (SSSR count). The van der Waals surface area contributed by atoms with Gasteiger partial charge >= 0.3 is 0 Å². The Morgan fingerprint density at radius 3 is 2.27 bits per heavy atom. The number of nitrogens with two attached hydrogens (primary N) is 1. The van der Waals surface area contributed by atoms with Crippen molar-refractivity contribution in [1.29, 1.82) is 0 Å². The zero-order chi connectivity index (χ0) is 11.4. The first-order valence-electron chi connectivity index (χ1n) is 5.55. The number of nitrogens with zero attached hydrogens (tertiary/aromatic N) is 2. The first kappa shape index (κ1) is 10.7. The van der Waals surface area contributed by atoms with E-state index in [-0.39, 0.29) is 17.0 Å². The third kappa shape index (κ3) is 1.59. The van der Waals surface area contributed by atoms with Gasteiger partial charge in [-0.05, 0) is 31.7 Å². The predicted molar refractivity (Wildman–Crippen MR) is 61.7 cm³/mol. The third-order valence-corrected chi connectivity index (χ3v) is 3.56. The summed E-state index contributed by atoms with van der Waals surface area (Å²) < 4.78 is 2.02. The van der Waals surface area contributed by atoms with Gasteiger partial charge in [-0.3, -0.25) is 4.68 Å². The molecular formula is C12H21N3. The van der Waals surface area contributed by atoms with Crippen LogP contribution in [0.5, 0.6) is 0 Å². The van der Waals surface area contributed by atoms with E-state index in [9.17, 15) is 0 Å². The van der Waals surface area contributed by atoms with Gasteiger partial charge in [0, 0.05) is 18.2 Å². The van der Waals surface area contributed by atoms with E-state index in [1.807, 2.05) is 10.9 Å². The van der Waals surface area contributed by atoms with Gasteiger partial charge in [0.1, 0.15) is 0 Å². The molecule has 1 aromatic rings. The molecule has 1 aromatic heterocycles. The van der Waals surface area contributed by atoms with E-state index in [1.54, 1.807) is 0 Å². The van der Waals surface area contributed by atoms with E-state index in [4.69, 9.17) is 5.73 Å². The van der Waals surface area contributed by atoms with Gasteiger partial charge in [0.25, 0.3) is 0 Å². The molecule has 1 heterocycles. The van der Waals surface area contributed by atoms with Crippen LogP contribution in [-0.2, 0) is 5.54 Å². The summed E-state index contributed by atoms with van der Waals surface area (Å²) in [6.45, 7) is 10.9. The molecule has 1 aliphatic carbocycles. The monoisotopic (exact) mass is 207 g/mol. The topological polar surface area (TPSA) is 43.8 Å². The molecule has 0 spiro atoms. The van der Waals surface area contributed by atoms with Gasteiger partial charge < -0.3 is 5.73 Å². The van der Waals surface area contributed by atoms with Crippen molar-refractivity contribution in [2.24, 2.45) is 11.1 Å². The minimum absolute atomic E-state index is 0.0569. The number of aromatic nitrogens is 2. The van der Waals surface area contributed by atoms with Crippen LogP contribution in [0.3, 0.4) is 0 Å². The molecule has 1 aliphatic rings. The average Bonchev–Trinajstić information content (AvgIpc) is 2.53. The van der Waals surface area contributed by atoms with E-state index in [1.165, 1.54) is 5.56 Å². The summed E-state index contributed by atoms with van der Waals surface area (Å²) in [6, 6.07) is 0.287. The first-order valence-corrected chi connectivity index (χ1v) is 5.55. The van der Waals surface area contributed by atoms with Crippen molar-refractivity contribution in [2.75, 3.05) is 0 Å². The van der Waals surface area contributed by atoms with Gasteiger partial charge in [-0.15, -0.1) is 0 Å². The summed E-state index contributed by atoms with van der Waals surface area (Å²) in [4.78, 5) is 0. The minimum atomic E-state index is 0.0569. The molecule has 1 saturated carbocycles. The van der Waals surface area contributed by atoms with Crippen LogP contribution >= 0.6 is 0 Å². The SMILES string of the molecule is CC1(C)[C@H](N)[C@H]1c1cnn(C(C)(C)C)c1. The molecule has 0 unspecified atom stereocenters. The van der Waals surface area contributed by atoms with Crippen LogP contribution in [0.25, 0.3) is 0 Å². The molecule has 0 saturated heterocycles. The fourth-order valence-electron chi connectivity index (χ4n) is 2.18. The van der Waals surface area contributed by atoms with Crippen molar-refractivity contribution < 1.29 is 0 Å². The Bertz CT molecular complexity index is 370. The summed E-state index contributed by atoms with van der Waals surface area (Å²) in [5, 5.41) is 4.41. The lowest BCUT2D eigenvalue weighted by Gasteiger charge is -2.18. The van der Waals surface area contributed by atoms with Crippen molar-refractivity contribution in [3.63, 3.8) is 0 Å². The van der Waals surface area contributed by atoms with Gasteiger partial charge in [0.05, 0.1) is 11.7 Å². The second kappa shape index (κ2) is 2.85. The zero-order valence-corrected chi connectivity index (χ0v) is 10.3. The Morgan fingerprint density at radius 1 is 1.40 bits per heavy atom. The fraction of sp³-hybridized carbons (Fsp3) is 0.750. The molecule has 2 atom stereocenters. The quantitative estimate of drug-likeness (QED) is 0.766. The van der Waals surface area contributed by atoms with Gasteiger partial charge in [-0.1, -0.05) is 13.8 Å². The van der Waals surface area contributed by atoms with Crippen LogP contribution < -0.4 is 5.73 Å². The lowest BCUT2D eigenvalue weighted by molar-refractivity contribution is 0.355. The van der Waals surface area contributed by atoms with Crippen molar-refractivity contribution in [3.05, 3.63) is 18.0 Å². The van der Waals surface area contributed by atoms with Crippen LogP contribution in [0.1, 0.15) is 46.1 Å². The predicted octanol–water partition coefficient (Wildman–Crippen LogP) is 2.09. The van der Waals surface area contributed by atoms with E-state index in [0.29, 0.717) is 5.92 Å². The number of hydrogen-bond acceptors (Lipinski definition) is 2. The summed E-state index contributed by atoms with van der Waals surface area (Å²) >= 11 is 0. The molecule has 2 N–H and O–H groups in total. The first-order chi connectivity index (χ1) is 6.74. The highest BCUT2D eigenvalue weighted by molar-refractivity contribution is 5.30. The largest absolute Gasteiger partial charge is 0.327 e. The highest BCUT2D eigenvalue weighted by Crippen LogP contribution is 2.57. The molecule has 3 nitrogen and oxygen atoms in total. The Kier molecular flexibility index (Phi) is 2.03. The van der Waals surface area contributed by atoms with Crippen molar-refractivity contribution in [1.82, 2.24) is 9.78 Å². The molecule has 0 aromatic carbocycles. The maximum absolute atomic E-state index is 6.06. The lowest BCUT2D eigenvalue weighted by atomic mass is 10.1. The highest BCUT2D eigenvalue weighted by Gasteiger charge is 2.56. The molecule has 15 heavy (non-hydrogen) atoms. The molecule has 0 amide bonds. The van der Waals surface area contributed by atoms with Crippen molar-refractivity contribution in [2.45, 2.75) is 52.1 Å². The van der Waals surface area contributed by atoms with Crippen LogP contribution in [0.15, 0.2) is 12.4 Å². The van der Waals surface area contributed by atoms with Crippen LogP contribution in [-0.4, -0.2) is 15.8 Å². The molecule has 0 aliphatic heterocycles. The Hall–Kier alpha value is -0.830.